The maximum absolute atomic E-state index is 6.88. The number of furan rings is 2. The molecule has 0 spiro atoms. The van der Waals surface area contributed by atoms with Crippen LogP contribution >= 0.6 is 0 Å². The molecule has 0 unspecified atom stereocenters. The summed E-state index contributed by atoms with van der Waals surface area (Å²) in [6.45, 7) is 7.19. The molecule has 0 amide bonds. The minimum atomic E-state index is -0.0689. The topological polar surface area (TPSA) is 39.2 Å². The van der Waals surface area contributed by atoms with E-state index >= 15 is 0 Å². The fourth-order valence-electron chi connectivity index (χ4n) is 11.6. The first-order valence-corrected chi connectivity index (χ1v) is 24.3. The van der Waals surface area contributed by atoms with Crippen molar-refractivity contribution in [1.82, 2.24) is 0 Å². The number of rotatable bonds is 9. The van der Waals surface area contributed by atoms with Gasteiger partial charge >= 0.3 is 0 Å². The molecule has 6 nitrogen and oxygen atoms in total. The van der Waals surface area contributed by atoms with E-state index in [0.29, 0.717) is 0 Å². The number of hydrogen-bond acceptors (Lipinski definition) is 6. The Morgan fingerprint density at radius 3 is 1.46 bits per heavy atom. The lowest BCUT2D eigenvalue weighted by Crippen LogP contribution is -2.24. The maximum atomic E-state index is 6.88. The van der Waals surface area contributed by atoms with Crippen molar-refractivity contribution < 1.29 is 8.83 Å². The Morgan fingerprint density at radius 2 is 0.928 bits per heavy atom. The van der Waals surface area contributed by atoms with Gasteiger partial charge in [0.25, 0.3) is 0 Å². The van der Waals surface area contributed by atoms with Crippen LogP contribution in [0.1, 0.15) is 43.9 Å². The highest BCUT2D eigenvalue weighted by atomic mass is 16.3. The summed E-state index contributed by atoms with van der Waals surface area (Å²) in [4.78, 5) is 9.26. The summed E-state index contributed by atoms with van der Waals surface area (Å²) in [5.41, 5.74) is 16.3. The number of para-hydroxylation sites is 4. The Labute approximate surface area is 402 Å². The number of aryl methyl sites for hydroxylation is 2. The van der Waals surface area contributed by atoms with Crippen molar-refractivity contribution in [1.29, 1.82) is 0 Å². The number of benzene rings is 10. The molecule has 338 valence electrons. The first kappa shape index (κ1) is 41.2. The van der Waals surface area contributed by atoms with Crippen molar-refractivity contribution in [3.63, 3.8) is 0 Å². The Morgan fingerprint density at radius 1 is 0.435 bits per heavy atom. The maximum Gasteiger partial charge on any atom is 0.159 e. The van der Waals surface area contributed by atoms with Gasteiger partial charge in [-0.1, -0.05) is 93.6 Å². The molecule has 1 aliphatic rings. The Balaban J connectivity index is 1.16. The van der Waals surface area contributed by atoms with Crippen molar-refractivity contribution in [3.8, 4) is 0 Å². The van der Waals surface area contributed by atoms with E-state index in [0.717, 1.165) is 109 Å². The molecule has 0 aliphatic heterocycles. The monoisotopic (exact) mass is 898 g/mol. The van der Waals surface area contributed by atoms with Gasteiger partial charge in [0.15, 0.2) is 11.2 Å². The van der Waals surface area contributed by atoms with E-state index in [2.05, 4.69) is 232 Å². The zero-order valence-electron chi connectivity index (χ0n) is 40.3. The fourth-order valence-corrected chi connectivity index (χ4v) is 11.6. The molecule has 0 radical (unpaired) electrons. The predicted molar refractivity (Wildman–Crippen MR) is 293 cm³/mol. The van der Waals surface area contributed by atoms with Gasteiger partial charge in [-0.25, -0.2) is 0 Å². The summed E-state index contributed by atoms with van der Waals surface area (Å²) in [6.07, 6.45) is 2.89. The third-order valence-electron chi connectivity index (χ3n) is 15.2. The number of nitrogens with zero attached hydrogens (tertiary/aromatic N) is 4. The van der Waals surface area contributed by atoms with E-state index in [-0.39, 0.29) is 5.41 Å². The van der Waals surface area contributed by atoms with Crippen LogP contribution in [0.5, 0.6) is 0 Å². The molecule has 13 rings (SSSR count). The molecule has 0 N–H and O–H groups in total. The fraction of sp³-hybridized carbons (Fsp3) is 0.175. The summed E-state index contributed by atoms with van der Waals surface area (Å²) >= 11 is 0. The van der Waals surface area contributed by atoms with Crippen molar-refractivity contribution in [2.24, 2.45) is 0 Å². The molecule has 0 fully saturated rings. The predicted octanol–water partition coefficient (Wildman–Crippen LogP) is 17.2. The Kier molecular flexibility index (Phi) is 9.13. The second-order valence-electron chi connectivity index (χ2n) is 20.1. The number of hydrogen-bond donors (Lipinski definition) is 0. The van der Waals surface area contributed by atoms with Crippen molar-refractivity contribution in [2.45, 2.75) is 45.4 Å². The molecule has 12 aromatic rings. The Hall–Kier alpha value is -7.96. The summed E-state index contributed by atoms with van der Waals surface area (Å²) in [5, 5.41) is 12.2. The lowest BCUT2D eigenvalue weighted by atomic mass is 9.70. The highest BCUT2D eigenvalue weighted by Crippen LogP contribution is 2.55. The van der Waals surface area contributed by atoms with Crippen LogP contribution in [0.3, 0.4) is 0 Å². The van der Waals surface area contributed by atoms with Gasteiger partial charge in [0.2, 0.25) is 0 Å². The van der Waals surface area contributed by atoms with E-state index in [1.807, 2.05) is 0 Å². The van der Waals surface area contributed by atoms with Crippen LogP contribution in [0.25, 0.3) is 76.2 Å². The van der Waals surface area contributed by atoms with Gasteiger partial charge in [-0.05, 0) is 149 Å². The molecule has 2 aromatic heterocycles. The highest BCUT2D eigenvalue weighted by Gasteiger charge is 2.34. The van der Waals surface area contributed by atoms with E-state index in [1.54, 1.807) is 0 Å². The van der Waals surface area contributed by atoms with Crippen molar-refractivity contribution in [3.05, 3.63) is 180 Å². The summed E-state index contributed by atoms with van der Waals surface area (Å²) in [6, 6.07) is 60.4. The zero-order chi connectivity index (χ0) is 46.9. The van der Waals surface area contributed by atoms with E-state index in [1.165, 1.54) is 49.0 Å². The smallest absolute Gasteiger partial charge is 0.159 e. The molecule has 1 aliphatic carbocycles. The summed E-state index contributed by atoms with van der Waals surface area (Å²) in [5.74, 6) is 0. The first-order chi connectivity index (χ1) is 33.6. The second kappa shape index (κ2) is 15.3. The minimum absolute atomic E-state index is 0.0689. The Bertz CT molecular complexity index is 3990. The molecule has 0 atom stereocenters. The normalized spacial score (nSPS) is 13.5. The molecule has 0 saturated heterocycles. The molecule has 0 saturated carbocycles. The van der Waals surface area contributed by atoms with Gasteiger partial charge in [-0.2, -0.15) is 0 Å². The standard InChI is InChI=1S/C63H54N4O2/c1-8-38-35-55(67(43-29-25-41(26-30-43)65(6)7)53-20-14-18-48-46-16-10-12-22-57(46)69-62(48)53)50-37-51-58-39(33-34-63(51,2)3)36-54(49-32-31-44(38)59(50)60(49)58)66(42-27-23-40(24-28-42)64(4)5)52-19-13-17-47-45-15-9-11-21-56(45)68-61(47)52/h9-32,35-37H,8,33-34H2,1-7H3. The third-order valence-corrected chi connectivity index (χ3v) is 15.2. The summed E-state index contributed by atoms with van der Waals surface area (Å²) < 4.78 is 13.8. The van der Waals surface area contributed by atoms with Gasteiger partial charge in [-0.15, -0.1) is 0 Å². The average Bonchev–Trinajstić information content (AvgIpc) is 3.95. The van der Waals surface area contributed by atoms with Crippen molar-refractivity contribution >= 4 is 122 Å². The average molecular weight is 899 g/mol. The largest absolute Gasteiger partial charge is 0.454 e. The molecule has 10 aromatic carbocycles. The van der Waals surface area contributed by atoms with Crippen molar-refractivity contribution in [2.75, 3.05) is 47.8 Å². The van der Waals surface area contributed by atoms with Gasteiger partial charge in [0.1, 0.15) is 11.2 Å². The van der Waals surface area contributed by atoms with Crippen LogP contribution in [0.2, 0.25) is 0 Å². The van der Waals surface area contributed by atoms with Crippen LogP contribution in [0.4, 0.5) is 45.5 Å². The highest BCUT2D eigenvalue weighted by molar-refractivity contribution is 6.31. The number of fused-ring (bicyclic) bond motifs is 6. The van der Waals surface area contributed by atoms with E-state index < -0.39 is 0 Å². The quantitative estimate of drug-likeness (QED) is 0.134. The first-order valence-electron chi connectivity index (χ1n) is 24.3. The SMILES string of the molecule is CCc1cc(N(c2ccc(N(C)C)cc2)c2cccc3c2oc2ccccc23)c2cc3c4c(cc(N(c5ccc(N(C)C)cc5)c5cccc6c5oc5ccccc56)c5ccc1c2c54)CCC3(C)C. The lowest BCUT2D eigenvalue weighted by Gasteiger charge is -2.37. The molecule has 2 heterocycles. The van der Waals surface area contributed by atoms with Crippen LogP contribution in [0, 0.1) is 0 Å². The van der Waals surface area contributed by atoms with E-state index in [9.17, 15) is 0 Å². The molecular weight excluding hydrogens is 845 g/mol. The van der Waals surface area contributed by atoms with Gasteiger partial charge in [0, 0.05) is 88.6 Å². The molecule has 0 bridgehead atoms. The van der Waals surface area contributed by atoms with Crippen LogP contribution < -0.4 is 19.6 Å². The second-order valence-corrected chi connectivity index (χ2v) is 20.1. The minimum Gasteiger partial charge on any atom is -0.454 e. The summed E-state index contributed by atoms with van der Waals surface area (Å²) in [7, 11) is 8.40. The van der Waals surface area contributed by atoms with Gasteiger partial charge in [-0.3, -0.25) is 0 Å². The number of anilines is 8. The molecule has 6 heteroatoms. The van der Waals surface area contributed by atoms with Gasteiger partial charge in [0.05, 0.1) is 22.7 Å². The molecular formula is C63H54N4O2. The van der Waals surface area contributed by atoms with Crippen LogP contribution in [-0.4, -0.2) is 28.2 Å². The third kappa shape index (κ3) is 6.17. The molecule has 69 heavy (non-hydrogen) atoms. The van der Waals surface area contributed by atoms with E-state index in [4.69, 9.17) is 8.83 Å². The lowest BCUT2D eigenvalue weighted by molar-refractivity contribution is 0.475. The van der Waals surface area contributed by atoms with Crippen LogP contribution in [0.15, 0.2) is 173 Å². The van der Waals surface area contributed by atoms with Gasteiger partial charge < -0.3 is 28.4 Å². The van der Waals surface area contributed by atoms with Crippen LogP contribution in [-0.2, 0) is 18.3 Å². The zero-order valence-corrected chi connectivity index (χ0v) is 40.3.